The molecule has 6 aromatic rings. The molecule has 0 unspecified atom stereocenters. The van der Waals surface area contributed by atoms with Gasteiger partial charge in [-0.15, -0.1) is 0 Å². The summed E-state index contributed by atoms with van der Waals surface area (Å²) in [6.07, 6.45) is 4.82. The van der Waals surface area contributed by atoms with Crippen LogP contribution in [0.15, 0.2) is 133 Å². The molecule has 0 saturated heterocycles. The topological polar surface area (TPSA) is 47.9 Å². The molecule has 7 rings (SSSR count). The minimum absolute atomic E-state index is 0.187. The standard InChI is InChI=1S/C46H46O4/c1-4-5-29-50-43-32-41(46(47)27-25-45(26-28-46,35-17-11-7-12-18-35)36-19-13-8-14-20-36)44(34-15-9-6-10-16-34)40-30-38(42(49-3)31-39(40)43)33-21-23-37(48-2)24-22-33/h6-24,30-32,47H,4-5,25-29H2,1-3H3. The molecule has 0 atom stereocenters. The summed E-state index contributed by atoms with van der Waals surface area (Å²) >= 11 is 0. The summed E-state index contributed by atoms with van der Waals surface area (Å²) in [6, 6.07) is 46.7. The molecular formula is C46H46O4. The number of methoxy groups -OCH3 is 2. The monoisotopic (exact) mass is 662 g/mol. The van der Waals surface area contributed by atoms with Gasteiger partial charge < -0.3 is 19.3 Å². The molecule has 0 amide bonds. The predicted octanol–water partition coefficient (Wildman–Crippen LogP) is 11.1. The zero-order valence-electron chi connectivity index (χ0n) is 29.3. The van der Waals surface area contributed by atoms with Crippen LogP contribution in [-0.4, -0.2) is 25.9 Å². The lowest BCUT2D eigenvalue weighted by molar-refractivity contribution is -0.0153. The van der Waals surface area contributed by atoms with Gasteiger partial charge in [0.25, 0.3) is 0 Å². The summed E-state index contributed by atoms with van der Waals surface area (Å²) in [6.45, 7) is 2.77. The summed E-state index contributed by atoms with van der Waals surface area (Å²) in [5, 5.41) is 15.0. The van der Waals surface area contributed by atoms with E-state index in [1.165, 1.54) is 11.1 Å². The summed E-state index contributed by atoms with van der Waals surface area (Å²) in [7, 11) is 3.40. The minimum Gasteiger partial charge on any atom is -0.497 e. The van der Waals surface area contributed by atoms with Crippen LogP contribution in [0.1, 0.15) is 62.1 Å². The Morgan fingerprint density at radius 2 is 1.20 bits per heavy atom. The minimum atomic E-state index is -1.07. The van der Waals surface area contributed by atoms with Crippen LogP contribution in [0.3, 0.4) is 0 Å². The van der Waals surface area contributed by atoms with Crippen LogP contribution in [0, 0.1) is 0 Å². The largest absolute Gasteiger partial charge is 0.497 e. The molecule has 0 aromatic heterocycles. The van der Waals surface area contributed by atoms with E-state index in [0.29, 0.717) is 19.4 Å². The van der Waals surface area contributed by atoms with Crippen molar-refractivity contribution in [3.63, 3.8) is 0 Å². The summed E-state index contributed by atoms with van der Waals surface area (Å²) in [5.74, 6) is 2.34. The van der Waals surface area contributed by atoms with E-state index in [-0.39, 0.29) is 5.41 Å². The van der Waals surface area contributed by atoms with E-state index in [9.17, 15) is 5.11 Å². The Morgan fingerprint density at radius 3 is 1.76 bits per heavy atom. The van der Waals surface area contributed by atoms with Gasteiger partial charge in [0.05, 0.1) is 26.4 Å². The van der Waals surface area contributed by atoms with Gasteiger partial charge in [0.2, 0.25) is 0 Å². The average molecular weight is 663 g/mol. The SMILES string of the molecule is CCCCOc1cc(C2(O)CCC(c3ccccc3)(c3ccccc3)CC2)c(-c2ccccc2)c2cc(-c3ccc(OC)cc3)c(OC)cc12. The highest BCUT2D eigenvalue weighted by atomic mass is 16.5. The molecule has 0 spiro atoms. The van der Waals surface area contributed by atoms with Crippen LogP contribution in [0.5, 0.6) is 17.2 Å². The number of fused-ring (bicyclic) bond motifs is 1. The number of aliphatic hydroxyl groups is 1. The number of ether oxygens (including phenoxy) is 3. The van der Waals surface area contributed by atoms with E-state index < -0.39 is 5.60 Å². The molecule has 4 nitrogen and oxygen atoms in total. The van der Waals surface area contributed by atoms with Crippen molar-refractivity contribution < 1.29 is 19.3 Å². The number of hydrogen-bond donors (Lipinski definition) is 1. The number of rotatable bonds is 11. The van der Waals surface area contributed by atoms with Crippen LogP contribution in [-0.2, 0) is 11.0 Å². The maximum atomic E-state index is 13.0. The fraction of sp³-hybridized carbons (Fsp3) is 0.261. The van der Waals surface area contributed by atoms with Gasteiger partial charge in [0.1, 0.15) is 17.2 Å². The molecule has 1 saturated carbocycles. The molecule has 50 heavy (non-hydrogen) atoms. The molecule has 1 N–H and O–H groups in total. The molecule has 0 aliphatic heterocycles. The van der Waals surface area contributed by atoms with Crippen LogP contribution in [0.25, 0.3) is 33.0 Å². The molecule has 1 aliphatic carbocycles. The van der Waals surface area contributed by atoms with Crippen LogP contribution in [0.2, 0.25) is 0 Å². The number of unbranched alkanes of at least 4 members (excludes halogenated alkanes) is 1. The van der Waals surface area contributed by atoms with E-state index in [1.54, 1.807) is 14.2 Å². The van der Waals surface area contributed by atoms with Crippen molar-refractivity contribution in [2.75, 3.05) is 20.8 Å². The second-order valence-corrected chi connectivity index (χ2v) is 13.5. The van der Waals surface area contributed by atoms with Crippen molar-refractivity contribution in [1.29, 1.82) is 0 Å². The number of benzene rings is 6. The molecular weight excluding hydrogens is 617 g/mol. The van der Waals surface area contributed by atoms with E-state index in [1.807, 2.05) is 18.2 Å². The van der Waals surface area contributed by atoms with Crippen LogP contribution in [0.4, 0.5) is 0 Å². The van der Waals surface area contributed by atoms with Crippen molar-refractivity contribution >= 4 is 10.8 Å². The zero-order valence-corrected chi connectivity index (χ0v) is 29.3. The smallest absolute Gasteiger partial charge is 0.127 e. The van der Waals surface area contributed by atoms with Gasteiger partial charge in [-0.05, 0) is 101 Å². The Hall–Kier alpha value is -5.06. The third-order valence-electron chi connectivity index (χ3n) is 10.7. The molecule has 0 heterocycles. The summed E-state index contributed by atoms with van der Waals surface area (Å²) in [5.41, 5.74) is 6.36. The lowest BCUT2D eigenvalue weighted by Crippen LogP contribution is -2.40. The molecule has 0 radical (unpaired) electrons. The van der Waals surface area contributed by atoms with Crippen molar-refractivity contribution in [2.24, 2.45) is 0 Å². The highest BCUT2D eigenvalue weighted by molar-refractivity contribution is 6.05. The summed E-state index contributed by atoms with van der Waals surface area (Å²) in [4.78, 5) is 0. The highest BCUT2D eigenvalue weighted by Gasteiger charge is 2.46. The molecule has 6 aromatic carbocycles. The van der Waals surface area contributed by atoms with Gasteiger partial charge in [-0.1, -0.05) is 116 Å². The third-order valence-corrected chi connectivity index (χ3v) is 10.7. The lowest BCUT2D eigenvalue weighted by Gasteiger charge is -2.46. The van der Waals surface area contributed by atoms with Gasteiger partial charge in [-0.25, -0.2) is 0 Å². The van der Waals surface area contributed by atoms with E-state index in [0.717, 1.165) is 81.5 Å². The Balaban J connectivity index is 1.43. The maximum absolute atomic E-state index is 13.0. The molecule has 4 heteroatoms. The second kappa shape index (κ2) is 14.4. The van der Waals surface area contributed by atoms with Crippen molar-refractivity contribution in [3.05, 3.63) is 150 Å². The van der Waals surface area contributed by atoms with Gasteiger partial charge in [0, 0.05) is 16.4 Å². The van der Waals surface area contributed by atoms with Crippen molar-refractivity contribution in [2.45, 2.75) is 56.5 Å². The molecule has 1 fully saturated rings. The second-order valence-electron chi connectivity index (χ2n) is 13.5. The maximum Gasteiger partial charge on any atom is 0.127 e. The van der Waals surface area contributed by atoms with Crippen molar-refractivity contribution in [3.8, 4) is 39.5 Å². The van der Waals surface area contributed by atoms with Crippen molar-refractivity contribution in [1.82, 2.24) is 0 Å². The molecule has 0 bridgehead atoms. The first-order valence-corrected chi connectivity index (χ1v) is 17.8. The quantitative estimate of drug-likeness (QED) is 0.140. The molecule has 254 valence electrons. The Kier molecular flexibility index (Phi) is 9.65. The highest BCUT2D eigenvalue weighted by Crippen LogP contribution is 2.54. The first-order chi connectivity index (χ1) is 24.5. The lowest BCUT2D eigenvalue weighted by atomic mass is 9.60. The van der Waals surface area contributed by atoms with Crippen LogP contribution < -0.4 is 14.2 Å². The molecule has 1 aliphatic rings. The van der Waals surface area contributed by atoms with Crippen LogP contribution >= 0.6 is 0 Å². The Morgan fingerprint density at radius 1 is 0.600 bits per heavy atom. The van der Waals surface area contributed by atoms with E-state index in [2.05, 4.69) is 122 Å². The fourth-order valence-electron chi connectivity index (χ4n) is 7.93. The van der Waals surface area contributed by atoms with E-state index in [4.69, 9.17) is 14.2 Å². The fourth-order valence-corrected chi connectivity index (χ4v) is 7.93. The van der Waals surface area contributed by atoms with Gasteiger partial charge in [0.15, 0.2) is 0 Å². The normalized spacial score (nSPS) is 15.0. The Labute approximate surface area is 296 Å². The zero-order chi connectivity index (χ0) is 34.6. The third kappa shape index (κ3) is 6.25. The Bertz CT molecular complexity index is 1990. The van der Waals surface area contributed by atoms with E-state index >= 15 is 0 Å². The first-order valence-electron chi connectivity index (χ1n) is 17.8. The predicted molar refractivity (Wildman–Crippen MR) is 204 cm³/mol. The summed E-state index contributed by atoms with van der Waals surface area (Å²) < 4.78 is 18.1. The average Bonchev–Trinajstić information content (AvgIpc) is 3.18. The first kappa shape index (κ1) is 33.4. The number of hydrogen-bond acceptors (Lipinski definition) is 4. The van der Waals surface area contributed by atoms with Gasteiger partial charge in [-0.2, -0.15) is 0 Å². The van der Waals surface area contributed by atoms with Gasteiger partial charge >= 0.3 is 0 Å². The van der Waals surface area contributed by atoms with Gasteiger partial charge in [-0.3, -0.25) is 0 Å².